The number of nitrogens with zero attached hydrogens (tertiary/aromatic N) is 2. The van der Waals surface area contributed by atoms with Crippen molar-refractivity contribution in [3.8, 4) is 5.75 Å². The number of amides is 1. The minimum atomic E-state index is -0.141. The Morgan fingerprint density at radius 2 is 1.87 bits per heavy atom. The van der Waals surface area contributed by atoms with Crippen LogP contribution in [-0.2, 0) is 13.2 Å². The predicted molar refractivity (Wildman–Crippen MR) is 125 cm³/mol. The second-order valence-electron chi connectivity index (χ2n) is 7.74. The number of carbonyl (C=O) groups excluding carboxylic acids is 1. The molecule has 31 heavy (non-hydrogen) atoms. The van der Waals surface area contributed by atoms with E-state index in [1.165, 1.54) is 33.6 Å². The van der Waals surface area contributed by atoms with Gasteiger partial charge in [-0.15, -0.1) is 11.3 Å². The van der Waals surface area contributed by atoms with Crippen molar-refractivity contribution in [3.63, 3.8) is 0 Å². The number of thiophene rings is 1. The number of ether oxygens (including phenoxy) is 1. The van der Waals surface area contributed by atoms with Crippen LogP contribution in [0.15, 0.2) is 66.3 Å². The van der Waals surface area contributed by atoms with E-state index >= 15 is 0 Å². The Kier molecular flexibility index (Phi) is 6.18. The van der Waals surface area contributed by atoms with Crippen LogP contribution >= 0.6 is 11.3 Å². The second-order valence-corrected chi connectivity index (χ2v) is 8.65. The first-order valence-corrected chi connectivity index (χ1v) is 11.0. The maximum Gasteiger partial charge on any atom is 0.265 e. The molecule has 0 fully saturated rings. The van der Waals surface area contributed by atoms with Crippen LogP contribution < -0.4 is 10.1 Å². The summed E-state index contributed by atoms with van der Waals surface area (Å²) in [5.41, 5.74) is 6.42. The maximum absolute atomic E-state index is 12.6. The van der Waals surface area contributed by atoms with E-state index in [2.05, 4.69) is 49.4 Å². The molecule has 0 unspecified atom stereocenters. The average Bonchev–Trinajstić information content (AvgIpc) is 3.37. The largest absolute Gasteiger partial charge is 0.489 e. The lowest BCUT2D eigenvalue weighted by Crippen LogP contribution is -2.09. The van der Waals surface area contributed by atoms with Crippen LogP contribution in [0.1, 0.15) is 37.5 Å². The first-order valence-electron chi connectivity index (χ1n) is 10.1. The van der Waals surface area contributed by atoms with E-state index in [0.29, 0.717) is 23.7 Å². The Hall–Kier alpha value is -3.38. The van der Waals surface area contributed by atoms with Gasteiger partial charge in [-0.1, -0.05) is 30.3 Å². The number of benzene rings is 2. The summed E-state index contributed by atoms with van der Waals surface area (Å²) in [6.45, 7) is 7.29. The van der Waals surface area contributed by atoms with Gasteiger partial charge >= 0.3 is 0 Å². The lowest BCUT2D eigenvalue weighted by molar-refractivity contribution is 0.103. The maximum atomic E-state index is 12.6. The van der Waals surface area contributed by atoms with Crippen molar-refractivity contribution in [1.82, 2.24) is 9.78 Å². The zero-order chi connectivity index (χ0) is 21.8. The average molecular weight is 432 g/mol. The molecule has 158 valence electrons. The van der Waals surface area contributed by atoms with Gasteiger partial charge in [-0.25, -0.2) is 0 Å². The van der Waals surface area contributed by atoms with Gasteiger partial charge in [0.25, 0.3) is 5.91 Å². The molecule has 0 atom stereocenters. The van der Waals surface area contributed by atoms with Crippen LogP contribution in [0, 0.1) is 20.8 Å². The Morgan fingerprint density at radius 1 is 1.10 bits per heavy atom. The molecule has 2 heterocycles. The molecule has 6 heteroatoms. The molecule has 5 nitrogen and oxygen atoms in total. The molecule has 0 bridgehead atoms. The Morgan fingerprint density at radius 3 is 2.65 bits per heavy atom. The Balaban J connectivity index is 1.35. The second kappa shape index (κ2) is 9.18. The first-order chi connectivity index (χ1) is 15.0. The zero-order valence-corrected chi connectivity index (χ0v) is 18.7. The number of rotatable bonds is 7. The molecule has 1 amide bonds. The van der Waals surface area contributed by atoms with Crippen LogP contribution in [0.4, 0.5) is 5.69 Å². The molecule has 2 aromatic carbocycles. The topological polar surface area (TPSA) is 56.1 Å². The predicted octanol–water partition coefficient (Wildman–Crippen LogP) is 5.75. The monoisotopic (exact) mass is 431 g/mol. The van der Waals surface area contributed by atoms with Gasteiger partial charge in [0, 0.05) is 11.8 Å². The number of aromatic nitrogens is 2. The van der Waals surface area contributed by atoms with E-state index in [4.69, 9.17) is 4.74 Å². The van der Waals surface area contributed by atoms with Gasteiger partial charge in [-0.3, -0.25) is 9.48 Å². The number of nitrogens with one attached hydrogen (secondary N) is 1. The van der Waals surface area contributed by atoms with Crippen molar-refractivity contribution < 1.29 is 9.53 Å². The molecule has 2 aromatic heterocycles. The normalized spacial score (nSPS) is 10.8. The third-order valence-corrected chi connectivity index (χ3v) is 5.94. The summed E-state index contributed by atoms with van der Waals surface area (Å²) in [5, 5.41) is 9.25. The third kappa shape index (κ3) is 5.41. The van der Waals surface area contributed by atoms with Crippen molar-refractivity contribution >= 4 is 22.9 Å². The fourth-order valence-electron chi connectivity index (χ4n) is 3.42. The van der Waals surface area contributed by atoms with E-state index < -0.39 is 0 Å². The lowest BCUT2D eigenvalue weighted by atomic mass is 10.1. The molecule has 0 aliphatic rings. The minimum absolute atomic E-state index is 0.141. The van der Waals surface area contributed by atoms with Gasteiger partial charge < -0.3 is 10.1 Å². The van der Waals surface area contributed by atoms with E-state index in [0.717, 1.165) is 11.3 Å². The molecule has 0 spiro atoms. The van der Waals surface area contributed by atoms with Crippen LogP contribution in [0.3, 0.4) is 0 Å². The zero-order valence-electron chi connectivity index (χ0n) is 17.9. The summed E-state index contributed by atoms with van der Waals surface area (Å²) >= 11 is 1.41. The van der Waals surface area contributed by atoms with Gasteiger partial charge in [-0.05, 0) is 66.6 Å². The fourth-order valence-corrected chi connectivity index (χ4v) is 4.21. The molecular weight excluding hydrogens is 406 g/mol. The van der Waals surface area contributed by atoms with Crippen molar-refractivity contribution in [2.24, 2.45) is 0 Å². The van der Waals surface area contributed by atoms with Crippen molar-refractivity contribution in [3.05, 3.63) is 99.0 Å². The molecule has 0 radical (unpaired) electrons. The summed E-state index contributed by atoms with van der Waals surface area (Å²) in [4.78, 5) is 13.3. The smallest absolute Gasteiger partial charge is 0.265 e. The highest BCUT2D eigenvalue weighted by Crippen LogP contribution is 2.21. The molecular formula is C25H25N3O2S. The lowest BCUT2D eigenvalue weighted by Gasteiger charge is -2.07. The number of anilines is 1. The van der Waals surface area contributed by atoms with Gasteiger partial charge in [0.15, 0.2) is 0 Å². The van der Waals surface area contributed by atoms with E-state index in [1.807, 2.05) is 46.6 Å². The first kappa shape index (κ1) is 20.9. The van der Waals surface area contributed by atoms with E-state index in [1.54, 1.807) is 6.20 Å². The molecule has 0 saturated carbocycles. The van der Waals surface area contributed by atoms with Crippen LogP contribution in [0.25, 0.3) is 0 Å². The van der Waals surface area contributed by atoms with Crippen molar-refractivity contribution in [2.75, 3.05) is 5.32 Å². The molecule has 0 aliphatic carbocycles. The molecule has 1 N–H and O–H groups in total. The Bertz CT molecular complexity index is 1190. The van der Waals surface area contributed by atoms with Crippen LogP contribution in [0.2, 0.25) is 0 Å². The summed E-state index contributed by atoms with van der Waals surface area (Å²) in [5.74, 6) is 0.703. The molecule has 4 aromatic rings. The van der Waals surface area contributed by atoms with E-state index in [9.17, 15) is 4.79 Å². The highest BCUT2D eigenvalue weighted by molar-refractivity contribution is 7.12. The van der Waals surface area contributed by atoms with Crippen molar-refractivity contribution in [1.29, 1.82) is 0 Å². The van der Waals surface area contributed by atoms with Crippen LogP contribution in [-0.4, -0.2) is 15.7 Å². The summed E-state index contributed by atoms with van der Waals surface area (Å²) < 4.78 is 7.73. The number of carbonyl (C=O) groups is 1. The highest BCUT2D eigenvalue weighted by Gasteiger charge is 2.12. The van der Waals surface area contributed by atoms with Crippen molar-refractivity contribution in [2.45, 2.75) is 33.9 Å². The number of hydrogen-bond acceptors (Lipinski definition) is 4. The van der Waals surface area contributed by atoms with Crippen LogP contribution in [0.5, 0.6) is 5.75 Å². The molecule has 4 rings (SSSR count). The van der Waals surface area contributed by atoms with Gasteiger partial charge in [0.1, 0.15) is 12.4 Å². The standard InChI is InChI=1S/C25H25N3O2S/c1-17-8-18(2)10-23(9-17)30-15-20-11-24(31-16-20)25(29)27-22-12-26-28(14-22)13-21-7-5-4-6-19(21)3/h4-12,14,16H,13,15H2,1-3H3,(H,27,29). The van der Waals surface area contributed by atoms with Gasteiger partial charge in [0.05, 0.1) is 23.3 Å². The quantitative estimate of drug-likeness (QED) is 0.405. The summed E-state index contributed by atoms with van der Waals surface area (Å²) in [7, 11) is 0. The fraction of sp³-hybridized carbons (Fsp3) is 0.200. The highest BCUT2D eigenvalue weighted by atomic mass is 32.1. The Labute approximate surface area is 186 Å². The SMILES string of the molecule is Cc1cc(C)cc(OCc2csc(C(=O)Nc3cnn(Cc4ccccc4C)c3)c2)c1. The summed E-state index contributed by atoms with van der Waals surface area (Å²) in [6.07, 6.45) is 3.52. The molecule has 0 aliphatic heterocycles. The third-order valence-electron chi connectivity index (χ3n) is 4.96. The molecule has 0 saturated heterocycles. The summed E-state index contributed by atoms with van der Waals surface area (Å²) in [6, 6.07) is 16.2. The minimum Gasteiger partial charge on any atom is -0.489 e. The van der Waals surface area contributed by atoms with E-state index in [-0.39, 0.29) is 5.91 Å². The van der Waals surface area contributed by atoms with Gasteiger partial charge in [-0.2, -0.15) is 5.10 Å². The number of hydrogen-bond donors (Lipinski definition) is 1. The van der Waals surface area contributed by atoms with Gasteiger partial charge in [0.2, 0.25) is 0 Å². The number of aryl methyl sites for hydroxylation is 3.